The second kappa shape index (κ2) is 6.20. The quantitative estimate of drug-likeness (QED) is 0.892. The Hall–Kier alpha value is -1.88. The number of anilines is 1. The molecule has 1 aromatic carbocycles. The lowest BCUT2D eigenvalue weighted by Crippen LogP contribution is -2.40. The van der Waals surface area contributed by atoms with Crippen molar-refractivity contribution in [2.45, 2.75) is 70.9 Å². The van der Waals surface area contributed by atoms with Crippen molar-refractivity contribution in [2.24, 2.45) is 0 Å². The van der Waals surface area contributed by atoms with Gasteiger partial charge in [0, 0.05) is 6.04 Å². The number of carbonyl (C=O) groups is 1. The van der Waals surface area contributed by atoms with E-state index in [0.29, 0.717) is 12.0 Å². The number of aromatic nitrogens is 2. The van der Waals surface area contributed by atoms with E-state index in [2.05, 4.69) is 27.9 Å². The minimum Gasteiger partial charge on any atom is -0.389 e. The monoisotopic (exact) mass is 329 g/mol. The van der Waals surface area contributed by atoms with Crippen molar-refractivity contribution in [3.8, 4) is 0 Å². The highest BCUT2D eigenvalue weighted by Crippen LogP contribution is 2.38. The summed E-state index contributed by atoms with van der Waals surface area (Å²) >= 11 is 0. The minimum absolute atomic E-state index is 0. The largest absolute Gasteiger partial charge is 0.389 e. The Bertz CT molecular complexity index is 757. The van der Waals surface area contributed by atoms with E-state index in [4.69, 9.17) is 0 Å². The SMILES string of the molecule is C.Cc1ccc2nc(NC(=O)CC3(O)CCC3)n(C3CCC3)c2c1. The van der Waals surface area contributed by atoms with Crippen molar-refractivity contribution >= 4 is 22.9 Å². The van der Waals surface area contributed by atoms with Crippen molar-refractivity contribution in [3.05, 3.63) is 23.8 Å². The van der Waals surface area contributed by atoms with Gasteiger partial charge in [0.05, 0.1) is 23.1 Å². The van der Waals surface area contributed by atoms with Crippen LogP contribution in [0.4, 0.5) is 5.95 Å². The first-order valence-electron chi connectivity index (χ1n) is 8.55. The lowest BCUT2D eigenvalue weighted by molar-refractivity contribution is -0.125. The molecule has 5 heteroatoms. The molecule has 1 aromatic heterocycles. The molecule has 1 amide bonds. The number of rotatable bonds is 4. The molecule has 2 N–H and O–H groups in total. The normalized spacial score (nSPS) is 19.2. The molecule has 0 saturated heterocycles. The molecule has 130 valence electrons. The molecule has 0 radical (unpaired) electrons. The predicted molar refractivity (Wildman–Crippen MR) is 96.1 cm³/mol. The number of carbonyl (C=O) groups excluding carboxylic acids is 1. The maximum Gasteiger partial charge on any atom is 0.229 e. The minimum atomic E-state index is -0.798. The van der Waals surface area contributed by atoms with E-state index in [1.807, 2.05) is 12.1 Å². The highest BCUT2D eigenvalue weighted by atomic mass is 16.3. The Kier molecular flexibility index (Phi) is 4.38. The zero-order valence-electron chi connectivity index (χ0n) is 13.5. The molecule has 2 saturated carbocycles. The summed E-state index contributed by atoms with van der Waals surface area (Å²) in [6.07, 6.45) is 6.10. The molecule has 2 aromatic rings. The van der Waals surface area contributed by atoms with Crippen LogP contribution >= 0.6 is 0 Å². The molecule has 0 unspecified atom stereocenters. The third kappa shape index (κ3) is 2.93. The van der Waals surface area contributed by atoms with E-state index >= 15 is 0 Å². The summed E-state index contributed by atoms with van der Waals surface area (Å²) < 4.78 is 2.18. The molecule has 4 rings (SSSR count). The van der Waals surface area contributed by atoms with Crippen LogP contribution in [0.15, 0.2) is 18.2 Å². The van der Waals surface area contributed by atoms with Crippen LogP contribution in [0, 0.1) is 6.92 Å². The first-order chi connectivity index (χ1) is 11.0. The fourth-order valence-corrected chi connectivity index (χ4v) is 3.54. The average Bonchev–Trinajstić information content (AvgIpc) is 2.73. The molecular weight excluding hydrogens is 302 g/mol. The number of hydrogen-bond donors (Lipinski definition) is 2. The topological polar surface area (TPSA) is 67.2 Å². The van der Waals surface area contributed by atoms with Crippen LogP contribution in [0.1, 0.15) is 64.0 Å². The van der Waals surface area contributed by atoms with Gasteiger partial charge in [0.1, 0.15) is 0 Å². The van der Waals surface area contributed by atoms with E-state index in [1.54, 1.807) is 0 Å². The molecular formula is C19H27N3O2. The standard InChI is InChI=1S/C18H23N3O2.CH4/c1-12-6-7-14-15(10-12)21(13-4-2-5-13)17(19-14)20-16(22)11-18(23)8-3-9-18;/h6-7,10,13,23H,2-5,8-9,11H2,1H3,(H,19,20,22);1H4. The summed E-state index contributed by atoms with van der Waals surface area (Å²) in [7, 11) is 0. The first-order valence-corrected chi connectivity index (χ1v) is 8.55. The summed E-state index contributed by atoms with van der Waals surface area (Å²) in [5.41, 5.74) is 2.40. The van der Waals surface area contributed by atoms with E-state index in [0.717, 1.165) is 43.1 Å². The zero-order chi connectivity index (χ0) is 16.0. The molecule has 0 bridgehead atoms. The van der Waals surface area contributed by atoms with Gasteiger partial charge in [-0.25, -0.2) is 4.98 Å². The van der Waals surface area contributed by atoms with Gasteiger partial charge in [-0.15, -0.1) is 0 Å². The zero-order valence-corrected chi connectivity index (χ0v) is 13.5. The number of fused-ring (bicyclic) bond motifs is 1. The lowest BCUT2D eigenvalue weighted by atomic mass is 9.78. The van der Waals surface area contributed by atoms with Crippen molar-refractivity contribution in [3.63, 3.8) is 0 Å². The highest BCUT2D eigenvalue weighted by Gasteiger charge is 2.37. The second-order valence-corrected chi connectivity index (χ2v) is 7.19. The van der Waals surface area contributed by atoms with Gasteiger partial charge in [-0.3, -0.25) is 10.1 Å². The Morgan fingerprint density at radius 1 is 1.38 bits per heavy atom. The smallest absolute Gasteiger partial charge is 0.229 e. The van der Waals surface area contributed by atoms with Crippen LogP contribution in [0.25, 0.3) is 11.0 Å². The molecule has 1 heterocycles. The molecule has 0 spiro atoms. The van der Waals surface area contributed by atoms with E-state index in [1.165, 1.54) is 12.0 Å². The molecule has 2 aliphatic carbocycles. The van der Waals surface area contributed by atoms with E-state index < -0.39 is 5.60 Å². The number of benzene rings is 1. The Morgan fingerprint density at radius 2 is 2.12 bits per heavy atom. The lowest BCUT2D eigenvalue weighted by Gasteiger charge is -2.36. The Morgan fingerprint density at radius 3 is 2.71 bits per heavy atom. The summed E-state index contributed by atoms with van der Waals surface area (Å²) in [5, 5.41) is 13.1. The average molecular weight is 329 g/mol. The predicted octanol–water partition coefficient (Wildman–Crippen LogP) is 3.95. The number of amides is 1. The van der Waals surface area contributed by atoms with Crippen LogP contribution in [0.2, 0.25) is 0 Å². The maximum absolute atomic E-state index is 12.3. The van der Waals surface area contributed by atoms with Crippen LogP contribution in [0.3, 0.4) is 0 Å². The van der Waals surface area contributed by atoms with Gasteiger partial charge in [-0.1, -0.05) is 13.5 Å². The number of imidazole rings is 1. The summed E-state index contributed by atoms with van der Waals surface area (Å²) in [5.74, 6) is 0.489. The summed E-state index contributed by atoms with van der Waals surface area (Å²) in [6.45, 7) is 2.07. The second-order valence-electron chi connectivity index (χ2n) is 7.19. The van der Waals surface area contributed by atoms with Crippen LogP contribution in [-0.4, -0.2) is 26.2 Å². The molecule has 2 fully saturated rings. The van der Waals surface area contributed by atoms with Crippen LogP contribution in [-0.2, 0) is 4.79 Å². The molecule has 0 atom stereocenters. The number of aliphatic hydroxyl groups is 1. The van der Waals surface area contributed by atoms with Crippen LogP contribution in [0.5, 0.6) is 0 Å². The van der Waals surface area contributed by atoms with Gasteiger partial charge in [0.25, 0.3) is 0 Å². The maximum atomic E-state index is 12.3. The van der Waals surface area contributed by atoms with E-state index in [-0.39, 0.29) is 19.8 Å². The molecule has 2 aliphatic rings. The van der Waals surface area contributed by atoms with Crippen molar-refractivity contribution in [1.29, 1.82) is 0 Å². The third-order valence-corrected chi connectivity index (χ3v) is 5.31. The summed E-state index contributed by atoms with van der Waals surface area (Å²) in [6, 6.07) is 6.61. The fraction of sp³-hybridized carbons (Fsp3) is 0.579. The highest BCUT2D eigenvalue weighted by molar-refractivity contribution is 5.92. The Labute approximate surface area is 143 Å². The fourth-order valence-electron chi connectivity index (χ4n) is 3.54. The van der Waals surface area contributed by atoms with Gasteiger partial charge in [0.2, 0.25) is 11.9 Å². The van der Waals surface area contributed by atoms with Gasteiger partial charge >= 0.3 is 0 Å². The van der Waals surface area contributed by atoms with Gasteiger partial charge in [-0.05, 0) is 63.1 Å². The van der Waals surface area contributed by atoms with Gasteiger partial charge in [0.15, 0.2) is 0 Å². The van der Waals surface area contributed by atoms with Gasteiger partial charge in [-0.2, -0.15) is 0 Å². The van der Waals surface area contributed by atoms with Crippen molar-refractivity contribution in [2.75, 3.05) is 5.32 Å². The number of nitrogens with zero attached hydrogens (tertiary/aromatic N) is 2. The Balaban J connectivity index is 0.00000169. The number of hydrogen-bond acceptors (Lipinski definition) is 3. The number of aryl methyl sites for hydroxylation is 1. The number of nitrogens with one attached hydrogen (secondary N) is 1. The first kappa shape index (κ1) is 17.0. The molecule has 0 aliphatic heterocycles. The third-order valence-electron chi connectivity index (χ3n) is 5.31. The van der Waals surface area contributed by atoms with Crippen LogP contribution < -0.4 is 5.32 Å². The van der Waals surface area contributed by atoms with Crippen molar-refractivity contribution < 1.29 is 9.90 Å². The van der Waals surface area contributed by atoms with Crippen molar-refractivity contribution in [1.82, 2.24) is 9.55 Å². The molecule has 5 nitrogen and oxygen atoms in total. The van der Waals surface area contributed by atoms with E-state index in [9.17, 15) is 9.90 Å². The summed E-state index contributed by atoms with van der Waals surface area (Å²) in [4.78, 5) is 16.9. The van der Waals surface area contributed by atoms with Gasteiger partial charge < -0.3 is 9.67 Å². The molecule has 24 heavy (non-hydrogen) atoms.